The Morgan fingerprint density at radius 3 is 3.25 bits per heavy atom. The fourth-order valence-corrected chi connectivity index (χ4v) is 1.92. The predicted molar refractivity (Wildman–Crippen MR) is 61.0 cm³/mol. The summed E-state index contributed by atoms with van der Waals surface area (Å²) < 4.78 is 5.49. The average Bonchev–Trinajstić information content (AvgIpc) is 2.72. The van der Waals surface area contributed by atoms with Crippen LogP contribution in [0.2, 0.25) is 0 Å². The third kappa shape index (κ3) is 2.31. The molecule has 16 heavy (non-hydrogen) atoms. The molecular weight excluding hydrogens is 202 g/mol. The molecule has 1 fully saturated rings. The van der Waals surface area contributed by atoms with Crippen LogP contribution in [0.25, 0.3) is 0 Å². The summed E-state index contributed by atoms with van der Waals surface area (Å²) in [6, 6.07) is 3.87. The highest BCUT2D eigenvalue weighted by atomic mass is 16.5. The molecule has 0 saturated carbocycles. The van der Waals surface area contributed by atoms with E-state index in [0.29, 0.717) is 17.6 Å². The summed E-state index contributed by atoms with van der Waals surface area (Å²) >= 11 is 0. The number of hydrogen-bond acceptors (Lipinski definition) is 4. The maximum absolute atomic E-state index is 8.92. The van der Waals surface area contributed by atoms with Crippen LogP contribution in [0, 0.1) is 17.2 Å². The normalized spacial score (nSPS) is 24.0. The predicted octanol–water partition coefficient (Wildman–Crippen LogP) is 1.79. The van der Waals surface area contributed by atoms with Gasteiger partial charge in [-0.15, -0.1) is 0 Å². The van der Waals surface area contributed by atoms with E-state index in [1.165, 1.54) is 0 Å². The summed E-state index contributed by atoms with van der Waals surface area (Å²) in [5.74, 6) is 0.520. The van der Waals surface area contributed by atoms with E-state index in [4.69, 9.17) is 10.00 Å². The lowest BCUT2D eigenvalue weighted by Gasteiger charge is -2.15. The second-order valence-corrected chi connectivity index (χ2v) is 4.04. The van der Waals surface area contributed by atoms with Gasteiger partial charge in [-0.05, 0) is 19.4 Å². The monoisotopic (exact) mass is 217 g/mol. The van der Waals surface area contributed by atoms with Gasteiger partial charge in [-0.2, -0.15) is 5.26 Å². The van der Waals surface area contributed by atoms with Crippen molar-refractivity contribution in [2.75, 3.05) is 18.5 Å². The van der Waals surface area contributed by atoms with E-state index in [9.17, 15) is 0 Å². The highest BCUT2D eigenvalue weighted by Crippen LogP contribution is 2.21. The number of nitrogens with one attached hydrogen (secondary N) is 1. The van der Waals surface area contributed by atoms with Crippen LogP contribution in [-0.4, -0.2) is 24.2 Å². The number of rotatable bonds is 3. The Hall–Kier alpha value is -1.60. The maximum atomic E-state index is 8.92. The molecule has 1 N–H and O–H groups in total. The van der Waals surface area contributed by atoms with Crippen molar-refractivity contribution in [3.8, 4) is 6.07 Å². The zero-order valence-electron chi connectivity index (χ0n) is 9.31. The summed E-state index contributed by atoms with van der Waals surface area (Å²) in [6.45, 7) is 3.76. The first-order chi connectivity index (χ1) is 7.81. The van der Waals surface area contributed by atoms with Gasteiger partial charge in [0.25, 0.3) is 0 Å². The van der Waals surface area contributed by atoms with Crippen LogP contribution in [0.4, 0.5) is 5.69 Å². The van der Waals surface area contributed by atoms with Crippen molar-refractivity contribution in [1.82, 2.24) is 4.98 Å². The fourth-order valence-electron chi connectivity index (χ4n) is 1.92. The molecule has 0 aliphatic carbocycles. The molecule has 2 heterocycles. The molecule has 2 unspecified atom stereocenters. The molecule has 0 aromatic carbocycles. The van der Waals surface area contributed by atoms with Gasteiger partial charge in [0.1, 0.15) is 6.07 Å². The van der Waals surface area contributed by atoms with E-state index in [2.05, 4.69) is 23.3 Å². The highest BCUT2D eigenvalue weighted by Gasteiger charge is 2.23. The van der Waals surface area contributed by atoms with E-state index in [-0.39, 0.29) is 0 Å². The molecule has 2 rings (SSSR count). The first kappa shape index (κ1) is 10.9. The Balaban J connectivity index is 1.97. The summed E-state index contributed by atoms with van der Waals surface area (Å²) in [5, 5.41) is 12.2. The number of nitriles is 1. The molecule has 0 radical (unpaired) electrons. The van der Waals surface area contributed by atoms with Crippen molar-refractivity contribution in [3.63, 3.8) is 0 Å². The number of nitrogens with zero attached hydrogens (tertiary/aromatic N) is 2. The fraction of sp³-hybridized carbons (Fsp3) is 0.500. The van der Waals surface area contributed by atoms with Crippen LogP contribution < -0.4 is 5.32 Å². The first-order valence-electron chi connectivity index (χ1n) is 5.51. The van der Waals surface area contributed by atoms with Gasteiger partial charge in [-0.3, -0.25) is 4.98 Å². The molecule has 0 amide bonds. The Morgan fingerprint density at radius 2 is 2.56 bits per heavy atom. The molecular formula is C12H15N3O. The van der Waals surface area contributed by atoms with Crippen LogP contribution in [0.3, 0.4) is 0 Å². The Bertz CT molecular complexity index is 399. The second-order valence-electron chi connectivity index (χ2n) is 4.04. The zero-order valence-corrected chi connectivity index (χ0v) is 9.31. The third-order valence-corrected chi connectivity index (χ3v) is 3.03. The van der Waals surface area contributed by atoms with Gasteiger partial charge in [0, 0.05) is 25.3 Å². The van der Waals surface area contributed by atoms with Crippen molar-refractivity contribution in [2.45, 2.75) is 19.4 Å². The van der Waals surface area contributed by atoms with Crippen molar-refractivity contribution in [3.05, 3.63) is 24.0 Å². The Labute approximate surface area is 95.3 Å². The van der Waals surface area contributed by atoms with Gasteiger partial charge >= 0.3 is 0 Å². The van der Waals surface area contributed by atoms with Crippen LogP contribution in [0.1, 0.15) is 18.9 Å². The SMILES string of the molecule is CC1OCCC1CNc1cnccc1C#N. The number of hydrogen-bond donors (Lipinski definition) is 1. The lowest BCUT2D eigenvalue weighted by Crippen LogP contribution is -2.21. The van der Waals surface area contributed by atoms with Crippen LogP contribution >= 0.6 is 0 Å². The van der Waals surface area contributed by atoms with Crippen molar-refractivity contribution in [2.24, 2.45) is 5.92 Å². The third-order valence-electron chi connectivity index (χ3n) is 3.03. The molecule has 4 nitrogen and oxygen atoms in total. The van der Waals surface area contributed by atoms with E-state index < -0.39 is 0 Å². The summed E-state index contributed by atoms with van der Waals surface area (Å²) in [6.07, 6.45) is 4.70. The second kappa shape index (κ2) is 4.95. The summed E-state index contributed by atoms with van der Waals surface area (Å²) in [7, 11) is 0. The minimum Gasteiger partial charge on any atom is -0.382 e. The maximum Gasteiger partial charge on any atom is 0.101 e. The molecule has 2 atom stereocenters. The van der Waals surface area contributed by atoms with Crippen molar-refractivity contribution in [1.29, 1.82) is 5.26 Å². The number of pyridine rings is 1. The molecule has 1 aromatic rings. The largest absolute Gasteiger partial charge is 0.382 e. The van der Waals surface area contributed by atoms with Gasteiger partial charge in [-0.1, -0.05) is 0 Å². The van der Waals surface area contributed by atoms with Crippen molar-refractivity contribution >= 4 is 5.69 Å². The quantitative estimate of drug-likeness (QED) is 0.838. The van der Waals surface area contributed by atoms with E-state index >= 15 is 0 Å². The van der Waals surface area contributed by atoms with Gasteiger partial charge in [0.05, 0.1) is 23.6 Å². The van der Waals surface area contributed by atoms with E-state index in [1.807, 2.05) is 0 Å². The molecule has 1 aliphatic rings. The van der Waals surface area contributed by atoms with Gasteiger partial charge in [0.15, 0.2) is 0 Å². The van der Waals surface area contributed by atoms with E-state index in [1.54, 1.807) is 18.5 Å². The molecule has 1 aromatic heterocycles. The molecule has 4 heteroatoms. The minimum absolute atomic E-state index is 0.301. The number of aromatic nitrogens is 1. The van der Waals surface area contributed by atoms with Gasteiger partial charge in [-0.25, -0.2) is 0 Å². The topological polar surface area (TPSA) is 57.9 Å². The number of anilines is 1. The van der Waals surface area contributed by atoms with Gasteiger partial charge < -0.3 is 10.1 Å². The molecule has 0 bridgehead atoms. The molecule has 84 valence electrons. The zero-order chi connectivity index (χ0) is 11.4. The first-order valence-corrected chi connectivity index (χ1v) is 5.51. The van der Waals surface area contributed by atoms with Crippen LogP contribution in [0.15, 0.2) is 18.5 Å². The molecule has 1 saturated heterocycles. The van der Waals surface area contributed by atoms with Crippen LogP contribution in [-0.2, 0) is 4.74 Å². The van der Waals surface area contributed by atoms with Crippen LogP contribution in [0.5, 0.6) is 0 Å². The Morgan fingerprint density at radius 1 is 1.69 bits per heavy atom. The minimum atomic E-state index is 0.301. The standard InChI is InChI=1S/C12H15N3O/c1-9-11(3-5-16-9)7-15-12-8-14-4-2-10(12)6-13/h2,4,8-9,11,15H,3,5,7H2,1H3. The highest BCUT2D eigenvalue weighted by molar-refractivity contribution is 5.55. The summed E-state index contributed by atoms with van der Waals surface area (Å²) in [5.41, 5.74) is 1.45. The summed E-state index contributed by atoms with van der Waals surface area (Å²) in [4.78, 5) is 4.01. The van der Waals surface area contributed by atoms with Crippen molar-refractivity contribution < 1.29 is 4.74 Å². The lowest BCUT2D eigenvalue weighted by molar-refractivity contribution is 0.108. The number of ether oxygens (including phenoxy) is 1. The average molecular weight is 217 g/mol. The van der Waals surface area contributed by atoms with E-state index in [0.717, 1.165) is 25.3 Å². The molecule has 0 spiro atoms. The molecule has 1 aliphatic heterocycles. The Kier molecular flexibility index (Phi) is 3.37. The van der Waals surface area contributed by atoms with Gasteiger partial charge in [0.2, 0.25) is 0 Å². The lowest BCUT2D eigenvalue weighted by atomic mass is 10.0. The smallest absolute Gasteiger partial charge is 0.101 e.